The number of rotatable bonds is 3. The van der Waals surface area contributed by atoms with E-state index >= 15 is 0 Å². The topological polar surface area (TPSA) is 18.5 Å². The Bertz CT molecular complexity index is 184. The van der Waals surface area contributed by atoms with Gasteiger partial charge in [0.2, 0.25) is 0 Å². The zero-order valence-electron chi connectivity index (χ0n) is 8.84. The van der Waals surface area contributed by atoms with Crippen molar-refractivity contribution in [2.45, 2.75) is 51.0 Å². The van der Waals surface area contributed by atoms with Crippen molar-refractivity contribution in [2.24, 2.45) is 0 Å². The summed E-state index contributed by atoms with van der Waals surface area (Å²) in [5, 5.41) is 0. The Hall–Kier alpha value is -0.500. The van der Waals surface area contributed by atoms with Crippen LogP contribution in [-0.2, 0) is 9.47 Å². The Kier molecular flexibility index (Phi) is 3.87. The minimum atomic E-state index is 0.349. The monoisotopic (exact) mass is 196 g/mol. The van der Waals surface area contributed by atoms with Gasteiger partial charge < -0.3 is 9.47 Å². The van der Waals surface area contributed by atoms with Gasteiger partial charge in [0.15, 0.2) is 0 Å². The van der Waals surface area contributed by atoms with Gasteiger partial charge in [-0.1, -0.05) is 0 Å². The van der Waals surface area contributed by atoms with Crippen molar-refractivity contribution in [1.29, 1.82) is 0 Å². The second kappa shape index (κ2) is 5.40. The molecular formula is C12H20O2. The molecule has 1 saturated heterocycles. The Morgan fingerprint density at radius 2 is 2.07 bits per heavy atom. The number of hydrogen-bond donors (Lipinski definition) is 0. The number of hydrogen-bond acceptors (Lipinski definition) is 2. The van der Waals surface area contributed by atoms with E-state index in [0.717, 1.165) is 13.2 Å². The van der Waals surface area contributed by atoms with Gasteiger partial charge in [0.25, 0.3) is 0 Å². The molecule has 1 unspecified atom stereocenters. The highest BCUT2D eigenvalue weighted by molar-refractivity contribution is 5.02. The fourth-order valence-corrected chi connectivity index (χ4v) is 2.16. The first-order valence-electron chi connectivity index (χ1n) is 5.86. The molecule has 80 valence electrons. The van der Waals surface area contributed by atoms with Crippen LogP contribution in [0.2, 0.25) is 0 Å². The van der Waals surface area contributed by atoms with E-state index in [1.807, 2.05) is 6.26 Å². The summed E-state index contributed by atoms with van der Waals surface area (Å²) < 4.78 is 11.2. The van der Waals surface area contributed by atoms with Crippen LogP contribution < -0.4 is 0 Å². The van der Waals surface area contributed by atoms with Crippen LogP contribution in [0.5, 0.6) is 0 Å². The lowest BCUT2D eigenvalue weighted by atomic mass is 10.1. The molecule has 1 atom stereocenters. The number of ether oxygens (including phenoxy) is 2. The maximum Gasteiger partial charge on any atom is 0.113 e. The zero-order valence-corrected chi connectivity index (χ0v) is 8.84. The van der Waals surface area contributed by atoms with E-state index in [9.17, 15) is 0 Å². The average Bonchev–Trinajstić information content (AvgIpc) is 2.72. The van der Waals surface area contributed by atoms with E-state index in [0.29, 0.717) is 6.10 Å². The minimum Gasteiger partial charge on any atom is -0.499 e. The van der Waals surface area contributed by atoms with Gasteiger partial charge in [0.05, 0.1) is 12.4 Å². The first-order valence-corrected chi connectivity index (χ1v) is 5.86. The predicted octanol–water partition coefficient (Wildman–Crippen LogP) is 3.03. The van der Waals surface area contributed by atoms with Crippen LogP contribution in [0.3, 0.4) is 0 Å². The predicted molar refractivity (Wildman–Crippen MR) is 56.1 cm³/mol. The van der Waals surface area contributed by atoms with E-state index in [1.165, 1.54) is 50.5 Å². The third-order valence-electron chi connectivity index (χ3n) is 3.05. The van der Waals surface area contributed by atoms with E-state index in [1.54, 1.807) is 0 Å². The summed E-state index contributed by atoms with van der Waals surface area (Å²) in [4.78, 5) is 0. The van der Waals surface area contributed by atoms with Gasteiger partial charge in [-0.25, -0.2) is 0 Å². The average molecular weight is 196 g/mol. The summed E-state index contributed by atoms with van der Waals surface area (Å²) in [6.45, 7) is 1.67. The van der Waals surface area contributed by atoms with E-state index < -0.39 is 0 Å². The molecule has 2 aliphatic rings. The molecule has 1 saturated carbocycles. The Morgan fingerprint density at radius 1 is 1.21 bits per heavy atom. The van der Waals surface area contributed by atoms with Crippen LogP contribution in [-0.4, -0.2) is 19.3 Å². The molecule has 14 heavy (non-hydrogen) atoms. The van der Waals surface area contributed by atoms with Crippen LogP contribution in [0.15, 0.2) is 11.8 Å². The molecule has 0 aromatic rings. The van der Waals surface area contributed by atoms with Gasteiger partial charge in [0, 0.05) is 6.61 Å². The zero-order chi connectivity index (χ0) is 9.64. The quantitative estimate of drug-likeness (QED) is 0.646. The summed E-state index contributed by atoms with van der Waals surface area (Å²) in [6, 6.07) is 0. The van der Waals surface area contributed by atoms with Crippen LogP contribution in [0.4, 0.5) is 0 Å². The summed E-state index contributed by atoms with van der Waals surface area (Å²) in [5.74, 6) is 0. The van der Waals surface area contributed by atoms with Crippen LogP contribution in [0, 0.1) is 0 Å². The van der Waals surface area contributed by atoms with Crippen LogP contribution >= 0.6 is 0 Å². The van der Waals surface area contributed by atoms with E-state index in [4.69, 9.17) is 9.47 Å². The molecule has 0 aromatic heterocycles. The van der Waals surface area contributed by atoms with Crippen molar-refractivity contribution in [1.82, 2.24) is 0 Å². The smallest absolute Gasteiger partial charge is 0.113 e. The molecule has 0 aromatic carbocycles. The van der Waals surface area contributed by atoms with Gasteiger partial charge in [0.1, 0.15) is 6.61 Å². The second-order valence-corrected chi connectivity index (χ2v) is 4.31. The lowest BCUT2D eigenvalue weighted by Gasteiger charge is -2.21. The molecule has 2 fully saturated rings. The normalized spacial score (nSPS) is 27.7. The Labute approximate surface area is 86.3 Å². The van der Waals surface area contributed by atoms with Gasteiger partial charge in [-0.2, -0.15) is 0 Å². The molecule has 0 spiro atoms. The fraction of sp³-hybridized carbons (Fsp3) is 0.833. The van der Waals surface area contributed by atoms with Crippen molar-refractivity contribution in [2.75, 3.05) is 13.2 Å². The summed E-state index contributed by atoms with van der Waals surface area (Å²) in [5.41, 5.74) is 1.49. The van der Waals surface area contributed by atoms with Gasteiger partial charge >= 0.3 is 0 Å². The lowest BCUT2D eigenvalue weighted by molar-refractivity contribution is -0.0212. The fourth-order valence-electron chi connectivity index (χ4n) is 2.16. The SMILES string of the molecule is C(OCC1CCCCO1)=C1CCCC1. The molecule has 2 rings (SSSR count). The molecule has 1 aliphatic heterocycles. The molecule has 1 aliphatic carbocycles. The highest BCUT2D eigenvalue weighted by Gasteiger charge is 2.14. The Morgan fingerprint density at radius 3 is 2.79 bits per heavy atom. The second-order valence-electron chi connectivity index (χ2n) is 4.31. The maximum absolute atomic E-state index is 5.59. The molecule has 0 radical (unpaired) electrons. The molecule has 2 heteroatoms. The van der Waals surface area contributed by atoms with Gasteiger partial charge in [-0.05, 0) is 50.5 Å². The van der Waals surface area contributed by atoms with Gasteiger partial charge in [-0.3, -0.25) is 0 Å². The maximum atomic E-state index is 5.59. The van der Waals surface area contributed by atoms with E-state index in [-0.39, 0.29) is 0 Å². The molecule has 0 amide bonds. The van der Waals surface area contributed by atoms with Crippen molar-refractivity contribution in [3.63, 3.8) is 0 Å². The highest BCUT2D eigenvalue weighted by Crippen LogP contribution is 2.23. The molecule has 2 nitrogen and oxygen atoms in total. The lowest BCUT2D eigenvalue weighted by Crippen LogP contribution is -2.23. The molecule has 0 bridgehead atoms. The van der Waals surface area contributed by atoms with Crippen LogP contribution in [0.25, 0.3) is 0 Å². The Balaban J connectivity index is 1.63. The summed E-state index contributed by atoms with van der Waals surface area (Å²) >= 11 is 0. The third-order valence-corrected chi connectivity index (χ3v) is 3.05. The summed E-state index contributed by atoms with van der Waals surface area (Å²) in [6.07, 6.45) is 11.2. The minimum absolute atomic E-state index is 0.349. The standard InChI is InChI=1S/C12H20O2/c1-2-6-11(5-1)9-13-10-12-7-3-4-8-14-12/h9,12H,1-8,10H2. The van der Waals surface area contributed by atoms with Crippen molar-refractivity contribution < 1.29 is 9.47 Å². The van der Waals surface area contributed by atoms with Crippen molar-refractivity contribution in [3.8, 4) is 0 Å². The first-order chi connectivity index (χ1) is 6.95. The third kappa shape index (κ3) is 3.02. The largest absolute Gasteiger partial charge is 0.499 e. The molecule has 1 heterocycles. The summed E-state index contributed by atoms with van der Waals surface area (Å²) in [7, 11) is 0. The van der Waals surface area contributed by atoms with Crippen molar-refractivity contribution >= 4 is 0 Å². The van der Waals surface area contributed by atoms with Crippen LogP contribution in [0.1, 0.15) is 44.9 Å². The highest BCUT2D eigenvalue weighted by atomic mass is 16.5. The molecule has 0 N–H and O–H groups in total. The first kappa shape index (κ1) is 10.0. The van der Waals surface area contributed by atoms with Crippen molar-refractivity contribution in [3.05, 3.63) is 11.8 Å². The van der Waals surface area contributed by atoms with E-state index in [2.05, 4.69) is 0 Å². The van der Waals surface area contributed by atoms with Gasteiger partial charge in [-0.15, -0.1) is 0 Å². The number of allylic oxidation sites excluding steroid dienone is 1. The molecular weight excluding hydrogens is 176 g/mol.